The fourth-order valence-corrected chi connectivity index (χ4v) is 4.80. The molecule has 11 heteroatoms. The third-order valence-corrected chi connectivity index (χ3v) is 6.63. The summed E-state index contributed by atoms with van der Waals surface area (Å²) in [6.45, 7) is 2.27. The van der Waals surface area contributed by atoms with E-state index in [9.17, 15) is 26.7 Å². The monoisotopic (exact) mass is 435 g/mol. The van der Waals surface area contributed by atoms with E-state index in [0.29, 0.717) is 11.8 Å². The van der Waals surface area contributed by atoms with Crippen LogP contribution in [0.4, 0.5) is 19.0 Å². The Morgan fingerprint density at radius 2 is 1.79 bits per heavy atom. The van der Waals surface area contributed by atoms with Gasteiger partial charge in [0.05, 0.1) is 10.6 Å². The molecule has 1 aromatic heterocycles. The van der Waals surface area contributed by atoms with E-state index in [1.54, 1.807) is 17.9 Å². The van der Waals surface area contributed by atoms with Crippen molar-refractivity contribution in [3.8, 4) is 5.75 Å². The van der Waals surface area contributed by atoms with Gasteiger partial charge < -0.3 is 10.0 Å². The first-order valence-electron chi connectivity index (χ1n) is 8.27. The Bertz CT molecular complexity index is 991. The van der Waals surface area contributed by atoms with Gasteiger partial charge in [-0.2, -0.15) is 17.5 Å². The first-order valence-corrected chi connectivity index (χ1v) is 10.1. The zero-order chi connectivity index (χ0) is 20.7. The van der Waals surface area contributed by atoms with Crippen molar-refractivity contribution in [1.29, 1.82) is 0 Å². The molecule has 1 fully saturated rings. The summed E-state index contributed by atoms with van der Waals surface area (Å²) < 4.78 is 65.1. The lowest BCUT2D eigenvalue weighted by Gasteiger charge is -2.35. The minimum atomic E-state index is -4.54. The van der Waals surface area contributed by atoms with Gasteiger partial charge >= 0.3 is 6.18 Å². The third kappa shape index (κ3) is 4.03. The molecule has 2 heterocycles. The van der Waals surface area contributed by atoms with Crippen LogP contribution in [0.1, 0.15) is 11.1 Å². The van der Waals surface area contributed by atoms with Crippen LogP contribution in [0.5, 0.6) is 5.75 Å². The van der Waals surface area contributed by atoms with Crippen molar-refractivity contribution in [3.05, 3.63) is 46.6 Å². The number of phenolic OH excluding ortho intramolecular Hbond substituents is 1. The van der Waals surface area contributed by atoms with Gasteiger partial charge in [0.1, 0.15) is 16.5 Å². The second-order valence-corrected chi connectivity index (χ2v) is 8.70. The van der Waals surface area contributed by atoms with Gasteiger partial charge in [-0.1, -0.05) is 17.7 Å². The van der Waals surface area contributed by atoms with Crippen molar-refractivity contribution in [1.82, 2.24) is 9.29 Å². The molecule has 0 aliphatic carbocycles. The summed E-state index contributed by atoms with van der Waals surface area (Å²) in [6, 6.07) is 5.12. The van der Waals surface area contributed by atoms with E-state index < -0.39 is 21.8 Å². The average Bonchev–Trinajstić information content (AvgIpc) is 2.63. The number of sulfonamides is 1. The predicted octanol–water partition coefficient (Wildman–Crippen LogP) is 3.28. The minimum Gasteiger partial charge on any atom is -0.507 e. The second-order valence-electron chi connectivity index (χ2n) is 6.39. The maximum atomic E-state index is 12.8. The van der Waals surface area contributed by atoms with Gasteiger partial charge in [-0.15, -0.1) is 0 Å². The van der Waals surface area contributed by atoms with Gasteiger partial charge in [0, 0.05) is 32.4 Å². The zero-order valence-electron chi connectivity index (χ0n) is 14.7. The quantitative estimate of drug-likeness (QED) is 0.801. The molecule has 3 rings (SSSR count). The van der Waals surface area contributed by atoms with E-state index in [2.05, 4.69) is 4.98 Å². The fourth-order valence-electron chi connectivity index (χ4n) is 2.93. The SMILES string of the molecule is Cc1ccc(O)c(S(=O)(=O)N2CCN(c3ncc(C(F)(F)F)cc3Cl)CC2)c1. The third-order valence-electron chi connectivity index (χ3n) is 4.42. The van der Waals surface area contributed by atoms with Gasteiger partial charge in [0.2, 0.25) is 10.0 Å². The second kappa shape index (κ2) is 7.41. The maximum Gasteiger partial charge on any atom is 0.417 e. The molecule has 0 bridgehead atoms. The van der Waals surface area contributed by atoms with Crippen LogP contribution in [0, 0.1) is 6.92 Å². The summed E-state index contributed by atoms with van der Waals surface area (Å²) in [5.41, 5.74) is -0.256. The highest BCUT2D eigenvalue weighted by Gasteiger charge is 2.34. The number of aromatic hydroxyl groups is 1. The smallest absolute Gasteiger partial charge is 0.417 e. The number of alkyl halides is 3. The van der Waals surface area contributed by atoms with E-state index in [-0.39, 0.29) is 47.7 Å². The molecule has 0 radical (unpaired) electrons. The standard InChI is InChI=1S/C17H17ClF3N3O3S/c1-11-2-3-14(25)15(8-11)28(26,27)24-6-4-23(5-7-24)16-13(18)9-12(10-22-16)17(19,20)21/h2-3,8-10,25H,4-7H2,1H3. The zero-order valence-corrected chi connectivity index (χ0v) is 16.3. The van der Waals surface area contributed by atoms with Gasteiger partial charge in [-0.25, -0.2) is 13.4 Å². The van der Waals surface area contributed by atoms with Crippen molar-refractivity contribution in [2.75, 3.05) is 31.1 Å². The molecule has 0 amide bonds. The summed E-state index contributed by atoms with van der Waals surface area (Å²) >= 11 is 5.96. The number of nitrogens with zero attached hydrogens (tertiary/aromatic N) is 3. The molecule has 0 atom stereocenters. The summed E-state index contributed by atoms with van der Waals surface area (Å²) in [5.74, 6) is -0.161. The van der Waals surface area contributed by atoms with Crippen LogP contribution in [0.25, 0.3) is 0 Å². The normalized spacial score (nSPS) is 16.4. The number of hydrogen-bond acceptors (Lipinski definition) is 5. The largest absolute Gasteiger partial charge is 0.507 e. The molecule has 152 valence electrons. The summed E-state index contributed by atoms with van der Waals surface area (Å²) in [4.78, 5) is 5.26. The Hall–Kier alpha value is -2.04. The molecule has 1 saturated heterocycles. The van der Waals surface area contributed by atoms with E-state index >= 15 is 0 Å². The Labute approximate surface area is 165 Å². The van der Waals surface area contributed by atoms with Crippen molar-refractivity contribution in [2.45, 2.75) is 18.0 Å². The van der Waals surface area contributed by atoms with Crippen LogP contribution in [0.2, 0.25) is 5.02 Å². The van der Waals surface area contributed by atoms with Gasteiger partial charge in [-0.3, -0.25) is 0 Å². The number of aromatic nitrogens is 1. The van der Waals surface area contributed by atoms with Crippen LogP contribution in [0.15, 0.2) is 35.4 Å². The first-order chi connectivity index (χ1) is 13.0. The molecule has 28 heavy (non-hydrogen) atoms. The van der Waals surface area contributed by atoms with Crippen LogP contribution < -0.4 is 4.90 Å². The topological polar surface area (TPSA) is 73.7 Å². The molecular formula is C17H17ClF3N3O3S. The Kier molecular flexibility index (Phi) is 5.48. The number of piperazine rings is 1. The van der Waals surface area contributed by atoms with Crippen LogP contribution >= 0.6 is 11.6 Å². The predicted molar refractivity (Wildman–Crippen MR) is 98.1 cm³/mol. The number of phenols is 1. The van der Waals surface area contributed by atoms with E-state index in [0.717, 1.165) is 6.07 Å². The van der Waals surface area contributed by atoms with Crippen molar-refractivity contribution >= 4 is 27.4 Å². The Morgan fingerprint density at radius 3 is 2.36 bits per heavy atom. The maximum absolute atomic E-state index is 12.8. The summed E-state index contributed by atoms with van der Waals surface area (Å²) in [5, 5.41) is 9.77. The Morgan fingerprint density at radius 1 is 1.14 bits per heavy atom. The number of rotatable bonds is 3. The molecule has 1 aromatic carbocycles. The number of hydrogen-bond donors (Lipinski definition) is 1. The molecule has 0 saturated carbocycles. The van der Waals surface area contributed by atoms with Crippen LogP contribution in [0.3, 0.4) is 0 Å². The van der Waals surface area contributed by atoms with Gasteiger partial charge in [-0.05, 0) is 30.7 Å². The first kappa shape index (κ1) is 20.7. The Balaban J connectivity index is 1.77. The highest BCUT2D eigenvalue weighted by molar-refractivity contribution is 7.89. The van der Waals surface area contributed by atoms with Crippen molar-refractivity contribution in [3.63, 3.8) is 0 Å². The lowest BCUT2D eigenvalue weighted by molar-refractivity contribution is -0.137. The lowest BCUT2D eigenvalue weighted by Crippen LogP contribution is -2.49. The number of pyridine rings is 1. The molecular weight excluding hydrogens is 419 g/mol. The van der Waals surface area contributed by atoms with Crippen LogP contribution in [-0.4, -0.2) is 49.0 Å². The fraction of sp³-hybridized carbons (Fsp3) is 0.353. The molecule has 0 unspecified atom stereocenters. The average molecular weight is 436 g/mol. The molecule has 0 spiro atoms. The number of benzene rings is 1. The molecule has 1 N–H and O–H groups in total. The summed E-state index contributed by atoms with van der Waals surface area (Å²) in [6.07, 6.45) is -3.84. The number of aryl methyl sites for hydroxylation is 1. The van der Waals surface area contributed by atoms with Crippen LogP contribution in [-0.2, 0) is 16.2 Å². The molecule has 2 aromatic rings. The highest BCUT2D eigenvalue weighted by Crippen LogP contribution is 2.34. The lowest BCUT2D eigenvalue weighted by atomic mass is 10.2. The van der Waals surface area contributed by atoms with Crippen molar-refractivity contribution < 1.29 is 26.7 Å². The molecule has 1 aliphatic heterocycles. The minimum absolute atomic E-state index is 0.0781. The van der Waals surface area contributed by atoms with E-state index in [4.69, 9.17) is 11.6 Å². The van der Waals surface area contributed by atoms with E-state index in [1.165, 1.54) is 16.4 Å². The highest BCUT2D eigenvalue weighted by atomic mass is 35.5. The van der Waals surface area contributed by atoms with Crippen molar-refractivity contribution in [2.24, 2.45) is 0 Å². The number of anilines is 1. The number of halogens is 4. The van der Waals surface area contributed by atoms with Gasteiger partial charge in [0.15, 0.2) is 0 Å². The molecule has 6 nitrogen and oxygen atoms in total. The van der Waals surface area contributed by atoms with E-state index in [1.807, 2.05) is 0 Å². The van der Waals surface area contributed by atoms with Gasteiger partial charge in [0.25, 0.3) is 0 Å². The summed E-state index contributed by atoms with van der Waals surface area (Å²) in [7, 11) is -3.90. The molecule has 1 aliphatic rings.